The number of thioether (sulfide) groups is 1. The Morgan fingerprint density at radius 2 is 2.15 bits per heavy atom. The van der Waals surface area contributed by atoms with E-state index in [-0.39, 0.29) is 11.9 Å². The van der Waals surface area contributed by atoms with Crippen molar-refractivity contribution in [1.29, 1.82) is 5.26 Å². The standard InChI is InChI=1S/C18H24N4O3S2/c1-17(2,15(24)25-5)10-21-16(26)22(14(23)18(21,3)4)11-7-13(27-6)12(8-19)20-9-11/h7,9,16,26H,10H2,1-6H3. The van der Waals surface area contributed by atoms with Gasteiger partial charge in [-0.15, -0.1) is 24.4 Å². The van der Waals surface area contributed by atoms with Crippen LogP contribution in [0.4, 0.5) is 5.69 Å². The van der Waals surface area contributed by atoms with E-state index in [2.05, 4.69) is 17.6 Å². The zero-order valence-corrected chi connectivity index (χ0v) is 18.0. The fourth-order valence-electron chi connectivity index (χ4n) is 3.05. The predicted molar refractivity (Wildman–Crippen MR) is 108 cm³/mol. The zero-order chi connectivity index (χ0) is 20.6. The third-order valence-corrected chi connectivity index (χ3v) is 5.98. The van der Waals surface area contributed by atoms with Gasteiger partial charge >= 0.3 is 5.97 Å². The minimum absolute atomic E-state index is 0.151. The molecule has 1 aromatic heterocycles. The summed E-state index contributed by atoms with van der Waals surface area (Å²) in [6.45, 7) is 7.45. The Hall–Kier alpha value is -1.76. The van der Waals surface area contributed by atoms with E-state index in [4.69, 9.17) is 10.00 Å². The molecule has 0 spiro atoms. The lowest BCUT2D eigenvalue weighted by atomic mass is 9.91. The van der Waals surface area contributed by atoms with Crippen LogP contribution in [0.15, 0.2) is 17.2 Å². The van der Waals surface area contributed by atoms with E-state index in [0.29, 0.717) is 22.8 Å². The summed E-state index contributed by atoms with van der Waals surface area (Å²) in [5.74, 6) is -0.504. The first kappa shape index (κ1) is 21.5. The van der Waals surface area contributed by atoms with Gasteiger partial charge < -0.3 is 4.74 Å². The lowest BCUT2D eigenvalue weighted by Gasteiger charge is -2.36. The van der Waals surface area contributed by atoms with Crippen LogP contribution in [0.3, 0.4) is 0 Å². The SMILES string of the molecule is COC(=O)C(C)(C)CN1C(S)N(c2cnc(C#N)c(SC)c2)C(=O)C1(C)C. The molecule has 0 bridgehead atoms. The first-order valence-electron chi connectivity index (χ1n) is 8.32. The molecule has 1 atom stereocenters. The molecule has 0 aromatic carbocycles. The number of methoxy groups -OCH3 is 1. The Bertz CT molecular complexity index is 804. The van der Waals surface area contributed by atoms with Gasteiger partial charge in [0.15, 0.2) is 5.69 Å². The maximum Gasteiger partial charge on any atom is 0.312 e. The van der Waals surface area contributed by atoms with E-state index in [9.17, 15) is 9.59 Å². The molecule has 1 amide bonds. The van der Waals surface area contributed by atoms with E-state index >= 15 is 0 Å². The van der Waals surface area contributed by atoms with Crippen LogP contribution < -0.4 is 4.90 Å². The van der Waals surface area contributed by atoms with Gasteiger partial charge in [0.25, 0.3) is 0 Å². The van der Waals surface area contributed by atoms with Crippen molar-refractivity contribution in [2.45, 2.75) is 43.6 Å². The highest BCUT2D eigenvalue weighted by atomic mass is 32.2. The number of ether oxygens (including phenoxy) is 1. The molecule has 0 radical (unpaired) electrons. The second kappa shape index (κ2) is 7.70. The maximum atomic E-state index is 13.1. The van der Waals surface area contributed by atoms with Crippen molar-refractivity contribution in [1.82, 2.24) is 9.88 Å². The van der Waals surface area contributed by atoms with Crippen LogP contribution in [-0.2, 0) is 14.3 Å². The summed E-state index contributed by atoms with van der Waals surface area (Å²) < 4.78 is 4.89. The van der Waals surface area contributed by atoms with Crippen molar-refractivity contribution in [2.75, 3.05) is 24.8 Å². The van der Waals surface area contributed by atoms with Gasteiger partial charge in [0.1, 0.15) is 11.6 Å². The fourth-order valence-corrected chi connectivity index (χ4v) is 4.19. The number of carbonyl (C=O) groups is 2. The number of hydrogen-bond acceptors (Lipinski definition) is 8. The average Bonchev–Trinajstić information content (AvgIpc) is 2.79. The van der Waals surface area contributed by atoms with Gasteiger partial charge in [-0.1, -0.05) is 0 Å². The van der Waals surface area contributed by atoms with Gasteiger partial charge in [0, 0.05) is 11.4 Å². The lowest BCUT2D eigenvalue weighted by Crippen LogP contribution is -2.50. The molecule has 1 fully saturated rings. The van der Waals surface area contributed by atoms with E-state index in [1.807, 2.05) is 17.2 Å². The third-order valence-electron chi connectivity index (χ3n) is 4.72. The predicted octanol–water partition coefficient (Wildman–Crippen LogP) is 2.51. The Balaban J connectivity index is 2.43. The van der Waals surface area contributed by atoms with E-state index in [1.54, 1.807) is 38.7 Å². The highest BCUT2D eigenvalue weighted by Gasteiger charge is 2.53. The third kappa shape index (κ3) is 3.79. The summed E-state index contributed by atoms with van der Waals surface area (Å²) >= 11 is 6.06. The van der Waals surface area contributed by atoms with Gasteiger partial charge in [-0.3, -0.25) is 19.4 Å². The topological polar surface area (TPSA) is 86.5 Å². The van der Waals surface area contributed by atoms with E-state index < -0.39 is 16.5 Å². The Morgan fingerprint density at radius 3 is 2.67 bits per heavy atom. The maximum absolute atomic E-state index is 13.1. The van der Waals surface area contributed by atoms with Gasteiger partial charge in [-0.2, -0.15) is 5.26 Å². The largest absolute Gasteiger partial charge is 0.469 e. The summed E-state index contributed by atoms with van der Waals surface area (Å²) in [5, 5.41) is 9.16. The molecule has 146 valence electrons. The molecule has 0 saturated carbocycles. The van der Waals surface area contributed by atoms with Crippen LogP contribution in [-0.4, -0.2) is 52.7 Å². The Morgan fingerprint density at radius 1 is 1.52 bits per heavy atom. The molecule has 2 rings (SSSR count). The summed E-state index contributed by atoms with van der Waals surface area (Å²) in [7, 11) is 1.35. The molecule has 1 aliphatic rings. The molecule has 1 aliphatic heterocycles. The quantitative estimate of drug-likeness (QED) is 0.455. The van der Waals surface area contributed by atoms with Crippen LogP contribution in [0, 0.1) is 16.7 Å². The molecular formula is C18H24N4O3S2. The van der Waals surface area contributed by atoms with Gasteiger partial charge in [0.2, 0.25) is 5.91 Å². The molecule has 0 N–H and O–H groups in total. The average molecular weight is 409 g/mol. The number of hydrogen-bond donors (Lipinski definition) is 1. The smallest absolute Gasteiger partial charge is 0.312 e. The summed E-state index contributed by atoms with van der Waals surface area (Å²) in [6, 6.07) is 3.81. The number of nitriles is 1. The van der Waals surface area contributed by atoms with E-state index in [1.165, 1.54) is 25.1 Å². The van der Waals surface area contributed by atoms with Gasteiger partial charge in [0.05, 0.1) is 29.9 Å². The number of nitrogens with zero attached hydrogens (tertiary/aromatic N) is 4. The number of aromatic nitrogens is 1. The fraction of sp³-hybridized carbons (Fsp3) is 0.556. The van der Waals surface area contributed by atoms with Crippen LogP contribution in [0.5, 0.6) is 0 Å². The number of amides is 1. The van der Waals surface area contributed by atoms with Crippen LogP contribution >= 0.6 is 24.4 Å². The number of thiol groups is 1. The highest BCUT2D eigenvalue weighted by Crippen LogP contribution is 2.39. The van der Waals surface area contributed by atoms with Crippen molar-refractivity contribution in [3.8, 4) is 6.07 Å². The molecule has 1 saturated heterocycles. The minimum Gasteiger partial charge on any atom is -0.469 e. The zero-order valence-electron chi connectivity index (χ0n) is 16.3. The number of anilines is 1. The second-order valence-corrected chi connectivity index (χ2v) is 8.75. The lowest BCUT2D eigenvalue weighted by molar-refractivity contribution is -0.152. The van der Waals surface area contributed by atoms with Crippen LogP contribution in [0.25, 0.3) is 0 Å². The van der Waals surface area contributed by atoms with E-state index in [0.717, 1.165) is 0 Å². The Labute approximate surface area is 169 Å². The molecular weight excluding hydrogens is 384 g/mol. The van der Waals surface area contributed by atoms with Gasteiger partial charge in [-0.25, -0.2) is 4.98 Å². The second-order valence-electron chi connectivity index (χ2n) is 7.44. The number of esters is 1. The molecule has 1 aromatic rings. The van der Waals surface area contributed by atoms with Crippen molar-refractivity contribution >= 4 is 42.0 Å². The van der Waals surface area contributed by atoms with Crippen molar-refractivity contribution < 1.29 is 14.3 Å². The highest BCUT2D eigenvalue weighted by molar-refractivity contribution is 7.98. The van der Waals surface area contributed by atoms with Crippen LogP contribution in [0.2, 0.25) is 0 Å². The molecule has 27 heavy (non-hydrogen) atoms. The number of pyridine rings is 1. The summed E-state index contributed by atoms with van der Waals surface area (Å²) in [5.41, 5.74) is -1.38. The van der Waals surface area contributed by atoms with Crippen LogP contribution in [0.1, 0.15) is 33.4 Å². The first-order chi connectivity index (χ1) is 12.5. The molecule has 7 nitrogen and oxygen atoms in total. The van der Waals surface area contributed by atoms with Crippen molar-refractivity contribution in [3.63, 3.8) is 0 Å². The molecule has 2 heterocycles. The Kier molecular flexibility index (Phi) is 6.14. The number of carbonyl (C=O) groups excluding carboxylic acids is 2. The summed E-state index contributed by atoms with van der Waals surface area (Å²) in [6.07, 6.45) is 3.35. The molecule has 1 unspecified atom stereocenters. The molecule has 9 heteroatoms. The van der Waals surface area contributed by atoms with Crippen molar-refractivity contribution in [2.24, 2.45) is 5.41 Å². The normalized spacial score (nSPS) is 19.9. The van der Waals surface area contributed by atoms with Crippen molar-refractivity contribution in [3.05, 3.63) is 18.0 Å². The monoisotopic (exact) mass is 408 g/mol. The minimum atomic E-state index is -0.870. The number of rotatable bonds is 5. The summed E-state index contributed by atoms with van der Waals surface area (Å²) in [4.78, 5) is 33.5. The molecule has 0 aliphatic carbocycles. The van der Waals surface area contributed by atoms with Gasteiger partial charge in [-0.05, 0) is 40.0 Å². The first-order valence-corrected chi connectivity index (χ1v) is 10.1.